The summed E-state index contributed by atoms with van der Waals surface area (Å²) in [4.78, 5) is 20.0. The fourth-order valence-electron chi connectivity index (χ4n) is 2.65. The van der Waals surface area contributed by atoms with Crippen molar-refractivity contribution in [2.75, 3.05) is 39.1 Å². The van der Waals surface area contributed by atoms with Gasteiger partial charge in [0.05, 0.1) is 6.10 Å². The maximum absolute atomic E-state index is 11.7. The van der Waals surface area contributed by atoms with E-state index in [0.717, 1.165) is 18.7 Å². The molecule has 2 atom stereocenters. The van der Waals surface area contributed by atoms with E-state index in [0.29, 0.717) is 12.2 Å². The number of aliphatic hydroxyl groups is 1. The van der Waals surface area contributed by atoms with Gasteiger partial charge >= 0.3 is 0 Å². The van der Waals surface area contributed by atoms with Crippen molar-refractivity contribution in [3.05, 3.63) is 24.0 Å². The van der Waals surface area contributed by atoms with Crippen molar-refractivity contribution in [2.24, 2.45) is 0 Å². The van der Waals surface area contributed by atoms with Crippen LogP contribution >= 0.6 is 0 Å². The summed E-state index contributed by atoms with van der Waals surface area (Å²) >= 11 is 0. The van der Waals surface area contributed by atoms with Crippen LogP contribution in [0, 0.1) is 0 Å². The molecule has 2 unspecified atom stereocenters. The maximum Gasteiger partial charge on any atom is 0.269 e. The summed E-state index contributed by atoms with van der Waals surface area (Å²) in [5.74, 6) is -0.198. The molecule has 2 heterocycles. The Bertz CT molecular complexity index is 478. The predicted molar refractivity (Wildman–Crippen MR) is 77.9 cm³/mol. The van der Waals surface area contributed by atoms with Crippen LogP contribution in [-0.4, -0.2) is 67.3 Å². The summed E-state index contributed by atoms with van der Waals surface area (Å²) in [6, 6.07) is 3.91. The minimum atomic E-state index is -0.323. The van der Waals surface area contributed by atoms with Crippen molar-refractivity contribution < 1.29 is 9.90 Å². The summed E-state index contributed by atoms with van der Waals surface area (Å²) in [6.45, 7) is 1.46. The van der Waals surface area contributed by atoms with Gasteiger partial charge in [-0.15, -0.1) is 0 Å². The number of pyridine rings is 1. The van der Waals surface area contributed by atoms with Crippen LogP contribution in [0.15, 0.2) is 18.3 Å². The highest BCUT2D eigenvalue weighted by Gasteiger charge is 2.31. The van der Waals surface area contributed by atoms with Crippen LogP contribution in [0.25, 0.3) is 0 Å². The number of aliphatic hydroxyl groups excluding tert-OH is 1. The van der Waals surface area contributed by atoms with Gasteiger partial charge in [-0.2, -0.15) is 0 Å². The molecule has 1 fully saturated rings. The van der Waals surface area contributed by atoms with Crippen molar-refractivity contribution >= 4 is 11.6 Å². The zero-order chi connectivity index (χ0) is 14.7. The normalized spacial score (nSPS) is 22.4. The number of aromatic nitrogens is 1. The number of β-amino-alcohol motifs (C(OH)–C–C–N with tert-alkyl or cyclic N) is 1. The molecule has 0 spiro atoms. The Morgan fingerprint density at radius 3 is 3.00 bits per heavy atom. The van der Waals surface area contributed by atoms with Gasteiger partial charge < -0.3 is 20.2 Å². The first-order valence-corrected chi connectivity index (χ1v) is 6.79. The van der Waals surface area contributed by atoms with Gasteiger partial charge in [0.25, 0.3) is 5.91 Å². The lowest BCUT2D eigenvalue weighted by molar-refractivity contribution is 0.0958. The molecule has 6 heteroatoms. The first-order chi connectivity index (χ1) is 9.51. The molecule has 6 nitrogen and oxygen atoms in total. The van der Waals surface area contributed by atoms with E-state index in [4.69, 9.17) is 0 Å². The topological polar surface area (TPSA) is 68.7 Å². The minimum absolute atomic E-state index is 0.198. The van der Waals surface area contributed by atoms with Gasteiger partial charge in [-0.3, -0.25) is 9.78 Å². The number of nitrogens with zero attached hydrogens (tertiary/aromatic N) is 3. The SMILES string of the molecule is CNC(=O)c1cc(N2CC(O)CC2CN(C)C)ccn1. The second-order valence-corrected chi connectivity index (χ2v) is 5.44. The molecule has 1 aliphatic rings. The first kappa shape index (κ1) is 14.7. The highest BCUT2D eigenvalue weighted by Crippen LogP contribution is 2.26. The van der Waals surface area contributed by atoms with E-state index in [2.05, 4.69) is 20.1 Å². The number of anilines is 1. The lowest BCUT2D eigenvalue weighted by Crippen LogP contribution is -2.37. The molecular weight excluding hydrogens is 256 g/mol. The van der Waals surface area contributed by atoms with E-state index in [1.54, 1.807) is 19.3 Å². The number of hydrogen-bond donors (Lipinski definition) is 2. The number of hydrogen-bond acceptors (Lipinski definition) is 5. The maximum atomic E-state index is 11.7. The molecule has 1 amide bonds. The number of amides is 1. The molecule has 1 aromatic rings. The summed E-state index contributed by atoms with van der Waals surface area (Å²) in [7, 11) is 5.63. The second-order valence-electron chi connectivity index (χ2n) is 5.44. The quantitative estimate of drug-likeness (QED) is 0.808. The Hall–Kier alpha value is -1.66. The van der Waals surface area contributed by atoms with Crippen LogP contribution < -0.4 is 10.2 Å². The van der Waals surface area contributed by atoms with Gasteiger partial charge in [-0.25, -0.2) is 0 Å². The number of carbonyl (C=O) groups is 1. The van der Waals surface area contributed by atoms with Gasteiger partial charge in [-0.05, 0) is 32.6 Å². The summed E-state index contributed by atoms with van der Waals surface area (Å²) < 4.78 is 0. The first-order valence-electron chi connectivity index (χ1n) is 6.79. The van der Waals surface area contributed by atoms with Gasteiger partial charge in [0.2, 0.25) is 0 Å². The average molecular weight is 278 g/mol. The molecule has 2 rings (SSSR count). The molecule has 0 bridgehead atoms. The van der Waals surface area contributed by atoms with Crippen molar-refractivity contribution in [1.82, 2.24) is 15.2 Å². The lowest BCUT2D eigenvalue weighted by Gasteiger charge is -2.28. The fraction of sp³-hybridized carbons (Fsp3) is 0.571. The predicted octanol–water partition coefficient (Wildman–Crippen LogP) is -0.0576. The monoisotopic (exact) mass is 278 g/mol. The molecular formula is C14H22N4O2. The third-order valence-electron chi connectivity index (χ3n) is 3.50. The van der Waals surface area contributed by atoms with Crippen LogP contribution in [0.2, 0.25) is 0 Å². The van der Waals surface area contributed by atoms with E-state index in [9.17, 15) is 9.90 Å². The largest absolute Gasteiger partial charge is 0.391 e. The zero-order valence-electron chi connectivity index (χ0n) is 12.2. The zero-order valence-corrected chi connectivity index (χ0v) is 12.2. The van der Waals surface area contributed by atoms with Crippen LogP contribution in [0.3, 0.4) is 0 Å². The van der Waals surface area contributed by atoms with Gasteiger partial charge in [0.1, 0.15) is 5.69 Å². The molecule has 2 N–H and O–H groups in total. The standard InChI is InChI=1S/C14H22N4O2/c1-15-14(20)13-7-10(4-5-16-13)18-9-12(19)6-11(18)8-17(2)3/h4-5,7,11-12,19H,6,8-9H2,1-3H3,(H,15,20). The number of carbonyl (C=O) groups excluding carboxylic acids is 1. The summed E-state index contributed by atoms with van der Waals surface area (Å²) in [5, 5.41) is 12.5. The average Bonchev–Trinajstić information content (AvgIpc) is 2.78. The molecule has 1 aromatic heterocycles. The van der Waals surface area contributed by atoms with Gasteiger partial charge in [-0.1, -0.05) is 0 Å². The number of rotatable bonds is 4. The number of likely N-dealkylation sites (N-methyl/N-ethyl adjacent to an activating group) is 1. The van der Waals surface area contributed by atoms with E-state index < -0.39 is 0 Å². The molecule has 0 radical (unpaired) electrons. The molecule has 1 aliphatic heterocycles. The lowest BCUT2D eigenvalue weighted by atomic mass is 10.2. The molecule has 20 heavy (non-hydrogen) atoms. The molecule has 0 aliphatic carbocycles. The molecule has 1 saturated heterocycles. The smallest absolute Gasteiger partial charge is 0.269 e. The van der Waals surface area contributed by atoms with Crippen LogP contribution in [0.4, 0.5) is 5.69 Å². The van der Waals surface area contributed by atoms with Crippen LogP contribution in [-0.2, 0) is 0 Å². The number of nitrogens with one attached hydrogen (secondary N) is 1. The molecule has 110 valence electrons. The van der Waals surface area contributed by atoms with E-state index in [-0.39, 0.29) is 18.1 Å². The van der Waals surface area contributed by atoms with Gasteiger partial charge in [0.15, 0.2) is 0 Å². The Balaban J connectivity index is 2.22. The van der Waals surface area contributed by atoms with Crippen molar-refractivity contribution in [3.8, 4) is 0 Å². The Morgan fingerprint density at radius 1 is 1.60 bits per heavy atom. The fourth-order valence-corrected chi connectivity index (χ4v) is 2.65. The van der Waals surface area contributed by atoms with E-state index in [1.807, 2.05) is 20.2 Å². The summed E-state index contributed by atoms with van der Waals surface area (Å²) in [6.07, 6.45) is 2.06. The Labute approximate surface area is 119 Å². The molecule has 0 aromatic carbocycles. The van der Waals surface area contributed by atoms with Crippen molar-refractivity contribution in [2.45, 2.75) is 18.6 Å². The minimum Gasteiger partial charge on any atom is -0.391 e. The van der Waals surface area contributed by atoms with Crippen LogP contribution in [0.5, 0.6) is 0 Å². The third-order valence-corrected chi connectivity index (χ3v) is 3.50. The van der Waals surface area contributed by atoms with Crippen LogP contribution in [0.1, 0.15) is 16.9 Å². The Morgan fingerprint density at radius 2 is 2.35 bits per heavy atom. The van der Waals surface area contributed by atoms with Gasteiger partial charge in [0, 0.05) is 38.1 Å². The summed E-state index contributed by atoms with van der Waals surface area (Å²) in [5.41, 5.74) is 1.33. The van der Waals surface area contributed by atoms with E-state index >= 15 is 0 Å². The van der Waals surface area contributed by atoms with Crippen molar-refractivity contribution in [1.29, 1.82) is 0 Å². The highest BCUT2D eigenvalue weighted by molar-refractivity contribution is 5.92. The Kier molecular flexibility index (Phi) is 4.57. The van der Waals surface area contributed by atoms with E-state index in [1.165, 1.54) is 0 Å². The highest BCUT2D eigenvalue weighted by atomic mass is 16.3. The van der Waals surface area contributed by atoms with Crippen molar-refractivity contribution in [3.63, 3.8) is 0 Å². The molecule has 0 saturated carbocycles. The second kappa shape index (κ2) is 6.19. The third kappa shape index (κ3) is 3.26.